The van der Waals surface area contributed by atoms with Crippen LogP contribution in [0.4, 0.5) is 11.5 Å². The molecule has 0 amide bonds. The van der Waals surface area contributed by atoms with E-state index in [-0.39, 0.29) is 11.8 Å². The van der Waals surface area contributed by atoms with Crippen LogP contribution in [0.5, 0.6) is 5.75 Å². The Hall–Kier alpha value is -4.18. The molecular formula is C26H24N4O3. The highest BCUT2D eigenvalue weighted by atomic mass is 16.5. The summed E-state index contributed by atoms with van der Waals surface area (Å²) in [5.74, 6) is 0.948. The third kappa shape index (κ3) is 5.55. The number of nitriles is 1. The average Bonchev–Trinajstić information content (AvgIpc) is 2.85. The van der Waals surface area contributed by atoms with Crippen LogP contribution >= 0.6 is 0 Å². The molecule has 0 N–H and O–H groups in total. The van der Waals surface area contributed by atoms with Crippen molar-refractivity contribution in [1.82, 2.24) is 4.98 Å². The molecule has 1 aliphatic heterocycles. The van der Waals surface area contributed by atoms with E-state index >= 15 is 0 Å². The van der Waals surface area contributed by atoms with Crippen molar-refractivity contribution in [1.29, 1.82) is 5.26 Å². The average molecular weight is 441 g/mol. The zero-order valence-corrected chi connectivity index (χ0v) is 18.4. The lowest BCUT2D eigenvalue weighted by molar-refractivity contribution is -0.131. The highest BCUT2D eigenvalue weighted by molar-refractivity contribution is 5.97. The van der Waals surface area contributed by atoms with Crippen molar-refractivity contribution in [3.8, 4) is 11.8 Å². The molecule has 0 radical (unpaired) electrons. The first-order valence-corrected chi connectivity index (χ1v) is 10.8. The molecule has 2 aromatic carbocycles. The first-order chi connectivity index (χ1) is 16.0. The summed E-state index contributed by atoms with van der Waals surface area (Å²) in [7, 11) is 0. The van der Waals surface area contributed by atoms with Gasteiger partial charge in [0.15, 0.2) is 5.78 Å². The molecule has 1 aromatic heterocycles. The number of benzene rings is 2. The second-order valence-electron chi connectivity index (χ2n) is 7.88. The minimum atomic E-state index is -0.387. The van der Waals surface area contributed by atoms with Crippen LogP contribution < -0.4 is 14.5 Å². The van der Waals surface area contributed by atoms with Gasteiger partial charge in [0.2, 0.25) is 0 Å². The maximum absolute atomic E-state index is 12.6. The van der Waals surface area contributed by atoms with Gasteiger partial charge >= 0.3 is 5.97 Å². The minimum Gasteiger partial charge on any atom is -0.427 e. The van der Waals surface area contributed by atoms with Crippen molar-refractivity contribution in [2.75, 3.05) is 36.0 Å². The number of anilines is 2. The number of hydrogen-bond donors (Lipinski definition) is 0. The Labute approximate surface area is 192 Å². The minimum absolute atomic E-state index is 0.0145. The summed E-state index contributed by atoms with van der Waals surface area (Å²) < 4.78 is 5.01. The fourth-order valence-electron chi connectivity index (χ4n) is 3.82. The van der Waals surface area contributed by atoms with Gasteiger partial charge in [0.05, 0.1) is 5.56 Å². The van der Waals surface area contributed by atoms with Crippen LogP contribution in [0.25, 0.3) is 0 Å². The van der Waals surface area contributed by atoms with Crippen molar-refractivity contribution < 1.29 is 14.3 Å². The van der Waals surface area contributed by atoms with Gasteiger partial charge in [-0.15, -0.1) is 0 Å². The van der Waals surface area contributed by atoms with Crippen LogP contribution in [0.1, 0.15) is 28.4 Å². The second-order valence-corrected chi connectivity index (χ2v) is 7.88. The molecule has 0 saturated carbocycles. The van der Waals surface area contributed by atoms with E-state index in [1.807, 2.05) is 18.2 Å². The van der Waals surface area contributed by atoms with E-state index in [1.54, 1.807) is 36.5 Å². The van der Waals surface area contributed by atoms with Crippen molar-refractivity contribution in [3.63, 3.8) is 0 Å². The Bertz CT molecular complexity index is 1160. The third-order valence-electron chi connectivity index (χ3n) is 5.58. The Kier molecular flexibility index (Phi) is 6.65. The molecule has 33 heavy (non-hydrogen) atoms. The Balaban J connectivity index is 1.31. The number of carbonyl (C=O) groups is 2. The smallest absolute Gasteiger partial charge is 0.308 e. The summed E-state index contributed by atoms with van der Waals surface area (Å²) in [4.78, 5) is 32.5. The summed E-state index contributed by atoms with van der Waals surface area (Å²) >= 11 is 0. The van der Waals surface area contributed by atoms with Gasteiger partial charge in [-0.2, -0.15) is 5.26 Å². The molecule has 0 spiro atoms. The summed E-state index contributed by atoms with van der Waals surface area (Å²) in [6.07, 6.45) is 1.92. The monoisotopic (exact) mass is 440 g/mol. The number of hydrogen-bond acceptors (Lipinski definition) is 7. The zero-order chi connectivity index (χ0) is 23.2. The van der Waals surface area contributed by atoms with E-state index in [0.717, 1.165) is 43.2 Å². The molecule has 2 heterocycles. The molecule has 1 aliphatic rings. The maximum atomic E-state index is 12.6. The van der Waals surface area contributed by atoms with Crippen LogP contribution in [-0.4, -0.2) is 42.9 Å². The lowest BCUT2D eigenvalue weighted by Gasteiger charge is -2.36. The number of rotatable bonds is 6. The van der Waals surface area contributed by atoms with Crippen molar-refractivity contribution in [2.45, 2.75) is 13.3 Å². The van der Waals surface area contributed by atoms with Gasteiger partial charge in [0, 0.05) is 57.0 Å². The fraction of sp³-hybridized carbons (Fsp3) is 0.231. The topological polar surface area (TPSA) is 86.5 Å². The first kappa shape index (κ1) is 22.0. The number of ether oxygens (including phenoxy) is 1. The Morgan fingerprint density at radius 1 is 0.939 bits per heavy atom. The lowest BCUT2D eigenvalue weighted by atomic mass is 10.0. The number of pyridine rings is 1. The van der Waals surface area contributed by atoms with E-state index in [1.165, 1.54) is 6.92 Å². The third-order valence-corrected chi connectivity index (χ3v) is 5.58. The number of aromatic nitrogens is 1. The van der Waals surface area contributed by atoms with Crippen molar-refractivity contribution in [2.24, 2.45) is 0 Å². The van der Waals surface area contributed by atoms with E-state index in [0.29, 0.717) is 23.3 Å². The molecule has 3 aromatic rings. The van der Waals surface area contributed by atoms with E-state index in [9.17, 15) is 9.59 Å². The van der Waals surface area contributed by atoms with Crippen LogP contribution in [0.3, 0.4) is 0 Å². The van der Waals surface area contributed by atoms with Gasteiger partial charge in [-0.05, 0) is 54.1 Å². The zero-order valence-electron chi connectivity index (χ0n) is 18.4. The molecule has 0 aliphatic carbocycles. The fourth-order valence-corrected chi connectivity index (χ4v) is 3.82. The summed E-state index contributed by atoms with van der Waals surface area (Å²) in [5, 5.41) is 8.92. The molecule has 1 saturated heterocycles. The van der Waals surface area contributed by atoms with Gasteiger partial charge in [0.25, 0.3) is 0 Å². The first-order valence-electron chi connectivity index (χ1n) is 10.8. The van der Waals surface area contributed by atoms with Gasteiger partial charge in [0.1, 0.15) is 17.6 Å². The van der Waals surface area contributed by atoms with Crippen LogP contribution in [-0.2, 0) is 11.2 Å². The molecule has 7 heteroatoms. The van der Waals surface area contributed by atoms with Crippen molar-refractivity contribution >= 4 is 23.3 Å². The Morgan fingerprint density at radius 2 is 1.61 bits per heavy atom. The number of nitrogens with zero attached hydrogens (tertiary/aromatic N) is 4. The molecule has 0 bridgehead atoms. The summed E-state index contributed by atoms with van der Waals surface area (Å²) in [6.45, 7) is 4.78. The molecule has 0 unspecified atom stereocenters. The molecular weight excluding hydrogens is 416 g/mol. The quantitative estimate of drug-likeness (QED) is 0.329. The second kappa shape index (κ2) is 9.96. The van der Waals surface area contributed by atoms with E-state index < -0.39 is 0 Å². The predicted octanol–water partition coefficient (Wildman–Crippen LogP) is 3.63. The van der Waals surface area contributed by atoms with Crippen molar-refractivity contribution in [3.05, 3.63) is 83.6 Å². The molecule has 166 valence electrons. The SMILES string of the molecule is CC(=O)Oc1ccc(C(=O)Cc2ccc(N3CCN(c4ccc(C#N)cn4)CC3)cc2)cc1. The molecule has 1 fully saturated rings. The van der Waals surface area contributed by atoms with Crippen LogP contribution in [0, 0.1) is 11.3 Å². The van der Waals surface area contributed by atoms with Crippen LogP contribution in [0.15, 0.2) is 66.9 Å². The predicted molar refractivity (Wildman–Crippen MR) is 126 cm³/mol. The normalized spacial score (nSPS) is 13.3. The summed E-state index contributed by atoms with van der Waals surface area (Å²) in [5.41, 5.74) is 3.23. The van der Waals surface area contributed by atoms with Gasteiger partial charge < -0.3 is 14.5 Å². The largest absolute Gasteiger partial charge is 0.427 e. The van der Waals surface area contributed by atoms with Gasteiger partial charge in [-0.25, -0.2) is 4.98 Å². The summed E-state index contributed by atoms with van der Waals surface area (Å²) in [6, 6.07) is 20.5. The number of Topliss-reactive ketones (excluding diaryl/α,β-unsaturated/α-hetero) is 1. The highest BCUT2D eigenvalue weighted by Gasteiger charge is 2.18. The highest BCUT2D eigenvalue weighted by Crippen LogP contribution is 2.21. The number of piperazine rings is 1. The number of ketones is 1. The lowest BCUT2D eigenvalue weighted by Crippen LogP contribution is -2.46. The van der Waals surface area contributed by atoms with E-state index in [4.69, 9.17) is 10.00 Å². The molecule has 4 rings (SSSR count). The standard InChI is InChI=1S/C26H24N4O3/c1-19(31)33-24-9-5-22(6-10-24)25(32)16-20-2-7-23(8-3-20)29-12-14-30(15-13-29)26-11-4-21(17-27)18-28-26/h2-11,18H,12-16H2,1H3. The maximum Gasteiger partial charge on any atom is 0.308 e. The van der Waals surface area contributed by atoms with Crippen LogP contribution in [0.2, 0.25) is 0 Å². The molecule has 7 nitrogen and oxygen atoms in total. The molecule has 0 atom stereocenters. The number of esters is 1. The van der Waals surface area contributed by atoms with Gasteiger partial charge in [-0.3, -0.25) is 9.59 Å². The van der Waals surface area contributed by atoms with Gasteiger partial charge in [-0.1, -0.05) is 12.1 Å². The van der Waals surface area contributed by atoms with E-state index in [2.05, 4.69) is 33.0 Å². The Morgan fingerprint density at radius 3 is 2.18 bits per heavy atom. The number of carbonyl (C=O) groups excluding carboxylic acids is 2.